The average molecular weight is 289 g/mol. The standard InChI is InChI=1S/C19H15NO2/c1-14-18(19(21)22-20-14)9-5-6-15-10-12-17(13-11-15)16-7-3-2-4-8-16/h2-13H,1H3/b6-5+,18-9-. The predicted octanol–water partition coefficient (Wildman–Crippen LogP) is 4.23. The highest BCUT2D eigenvalue weighted by Crippen LogP contribution is 2.19. The summed E-state index contributed by atoms with van der Waals surface area (Å²) in [5.41, 5.74) is 4.54. The molecule has 0 aromatic heterocycles. The number of carbonyl (C=O) groups excluding carboxylic acids is 1. The molecule has 0 spiro atoms. The molecule has 0 fully saturated rings. The zero-order valence-electron chi connectivity index (χ0n) is 12.2. The lowest BCUT2D eigenvalue weighted by Gasteiger charge is -2.01. The smallest absolute Gasteiger partial charge is 0.312 e. The highest BCUT2D eigenvalue weighted by Gasteiger charge is 2.20. The number of benzene rings is 2. The van der Waals surface area contributed by atoms with Crippen LogP contribution in [0.15, 0.2) is 77.5 Å². The van der Waals surface area contributed by atoms with Crippen LogP contribution in [0, 0.1) is 0 Å². The molecular weight excluding hydrogens is 274 g/mol. The second-order valence-electron chi connectivity index (χ2n) is 4.98. The van der Waals surface area contributed by atoms with Crippen molar-refractivity contribution in [2.75, 3.05) is 0 Å². The van der Waals surface area contributed by atoms with Gasteiger partial charge in [0.1, 0.15) is 0 Å². The summed E-state index contributed by atoms with van der Waals surface area (Å²) < 4.78 is 0. The van der Waals surface area contributed by atoms with Crippen molar-refractivity contribution >= 4 is 17.8 Å². The molecule has 108 valence electrons. The van der Waals surface area contributed by atoms with Crippen LogP contribution < -0.4 is 0 Å². The van der Waals surface area contributed by atoms with Crippen LogP contribution in [0.25, 0.3) is 17.2 Å². The predicted molar refractivity (Wildman–Crippen MR) is 88.2 cm³/mol. The quantitative estimate of drug-likeness (QED) is 0.626. The molecule has 0 unspecified atom stereocenters. The zero-order chi connectivity index (χ0) is 15.4. The molecule has 22 heavy (non-hydrogen) atoms. The van der Waals surface area contributed by atoms with Crippen LogP contribution in [-0.4, -0.2) is 11.7 Å². The lowest BCUT2D eigenvalue weighted by atomic mass is 10.0. The van der Waals surface area contributed by atoms with E-state index < -0.39 is 5.97 Å². The summed E-state index contributed by atoms with van der Waals surface area (Å²) in [7, 11) is 0. The molecule has 0 saturated heterocycles. The normalized spacial score (nSPS) is 16.1. The van der Waals surface area contributed by atoms with Gasteiger partial charge < -0.3 is 4.84 Å². The Balaban J connectivity index is 1.74. The molecule has 2 aromatic carbocycles. The third-order valence-electron chi connectivity index (χ3n) is 3.44. The largest absolute Gasteiger partial charge is 0.367 e. The van der Waals surface area contributed by atoms with Crippen molar-refractivity contribution < 1.29 is 9.63 Å². The van der Waals surface area contributed by atoms with Gasteiger partial charge in [0.2, 0.25) is 0 Å². The minimum absolute atomic E-state index is 0.401. The number of oxime groups is 1. The number of rotatable bonds is 3. The molecule has 3 heteroatoms. The van der Waals surface area contributed by atoms with Crippen molar-refractivity contribution in [1.29, 1.82) is 0 Å². The summed E-state index contributed by atoms with van der Waals surface area (Å²) in [6, 6.07) is 18.5. The molecule has 1 aliphatic rings. The van der Waals surface area contributed by atoms with Crippen LogP contribution in [0.1, 0.15) is 12.5 Å². The number of hydrogen-bond donors (Lipinski definition) is 0. The Morgan fingerprint density at radius 3 is 2.27 bits per heavy atom. The van der Waals surface area contributed by atoms with Crippen LogP contribution in [0.5, 0.6) is 0 Å². The molecule has 3 nitrogen and oxygen atoms in total. The molecule has 0 N–H and O–H groups in total. The molecule has 0 saturated carbocycles. The highest BCUT2D eigenvalue weighted by molar-refractivity contribution is 6.21. The van der Waals surface area contributed by atoms with E-state index in [1.807, 2.05) is 42.5 Å². The Kier molecular flexibility index (Phi) is 3.97. The first-order valence-electron chi connectivity index (χ1n) is 7.04. The third-order valence-corrected chi connectivity index (χ3v) is 3.44. The molecule has 0 bridgehead atoms. The van der Waals surface area contributed by atoms with Gasteiger partial charge in [0.15, 0.2) is 0 Å². The third kappa shape index (κ3) is 3.04. The minimum atomic E-state index is -0.401. The maximum atomic E-state index is 11.4. The molecule has 3 rings (SSSR count). The van der Waals surface area contributed by atoms with E-state index in [4.69, 9.17) is 0 Å². The van der Waals surface area contributed by atoms with Gasteiger partial charge in [0.25, 0.3) is 0 Å². The maximum Gasteiger partial charge on any atom is 0.367 e. The van der Waals surface area contributed by atoms with Crippen molar-refractivity contribution in [3.8, 4) is 11.1 Å². The Morgan fingerprint density at radius 2 is 1.64 bits per heavy atom. The van der Waals surface area contributed by atoms with Crippen molar-refractivity contribution in [1.82, 2.24) is 0 Å². The maximum absolute atomic E-state index is 11.4. The number of carbonyl (C=O) groups is 1. The highest BCUT2D eigenvalue weighted by atomic mass is 16.7. The van der Waals surface area contributed by atoms with Gasteiger partial charge in [-0.05, 0) is 29.7 Å². The van der Waals surface area contributed by atoms with Crippen molar-refractivity contribution in [3.63, 3.8) is 0 Å². The van der Waals surface area contributed by atoms with Gasteiger partial charge in [-0.15, -0.1) is 0 Å². The van der Waals surface area contributed by atoms with E-state index in [1.54, 1.807) is 13.0 Å². The van der Waals surface area contributed by atoms with Crippen LogP contribution in [0.4, 0.5) is 0 Å². The number of nitrogens with zero attached hydrogens (tertiary/aromatic N) is 1. The number of allylic oxidation sites excluding steroid dienone is 2. The van der Waals surface area contributed by atoms with Gasteiger partial charge >= 0.3 is 5.97 Å². The van der Waals surface area contributed by atoms with Gasteiger partial charge in [-0.25, -0.2) is 4.79 Å². The Morgan fingerprint density at radius 1 is 0.955 bits per heavy atom. The second kappa shape index (κ2) is 6.22. The Bertz CT molecular complexity index is 769. The van der Waals surface area contributed by atoms with Crippen LogP contribution in [0.2, 0.25) is 0 Å². The first kappa shape index (κ1) is 14.0. The van der Waals surface area contributed by atoms with Gasteiger partial charge in [-0.3, -0.25) is 0 Å². The van der Waals surface area contributed by atoms with Gasteiger partial charge in [0, 0.05) is 0 Å². The Labute approximate surface area is 129 Å². The van der Waals surface area contributed by atoms with Crippen molar-refractivity contribution in [2.24, 2.45) is 5.16 Å². The molecule has 0 atom stereocenters. The van der Waals surface area contributed by atoms with Gasteiger partial charge in [-0.2, -0.15) is 0 Å². The molecule has 0 aliphatic carbocycles. The topological polar surface area (TPSA) is 38.7 Å². The summed E-state index contributed by atoms with van der Waals surface area (Å²) in [4.78, 5) is 16.0. The molecule has 0 amide bonds. The van der Waals surface area contributed by atoms with E-state index in [0.29, 0.717) is 11.3 Å². The SMILES string of the molecule is CC1=NOC(=O)/C1=C\C=C\c1ccc(-c2ccccc2)cc1. The van der Waals surface area contributed by atoms with Gasteiger partial charge in [-0.1, -0.05) is 71.9 Å². The summed E-state index contributed by atoms with van der Waals surface area (Å²) >= 11 is 0. The van der Waals surface area contributed by atoms with Crippen molar-refractivity contribution in [3.05, 3.63) is 77.9 Å². The summed E-state index contributed by atoms with van der Waals surface area (Å²) in [6.07, 6.45) is 5.50. The van der Waals surface area contributed by atoms with E-state index in [9.17, 15) is 4.79 Å². The van der Waals surface area contributed by atoms with Crippen LogP contribution in [-0.2, 0) is 9.63 Å². The first-order chi connectivity index (χ1) is 10.7. The van der Waals surface area contributed by atoms with E-state index >= 15 is 0 Å². The summed E-state index contributed by atoms with van der Waals surface area (Å²) in [6.45, 7) is 1.75. The summed E-state index contributed by atoms with van der Waals surface area (Å²) in [5, 5.41) is 3.63. The molecule has 1 aliphatic heterocycles. The van der Waals surface area contributed by atoms with Crippen molar-refractivity contribution in [2.45, 2.75) is 6.92 Å². The van der Waals surface area contributed by atoms with Crippen LogP contribution >= 0.6 is 0 Å². The van der Waals surface area contributed by atoms with Crippen LogP contribution in [0.3, 0.4) is 0 Å². The second-order valence-corrected chi connectivity index (χ2v) is 4.98. The Hall–Kier alpha value is -2.94. The molecule has 0 radical (unpaired) electrons. The fraction of sp³-hybridized carbons (Fsp3) is 0.0526. The summed E-state index contributed by atoms with van der Waals surface area (Å²) in [5.74, 6) is -0.401. The first-order valence-corrected chi connectivity index (χ1v) is 7.04. The minimum Gasteiger partial charge on any atom is -0.312 e. The van der Waals surface area contributed by atoms with E-state index in [1.165, 1.54) is 11.1 Å². The van der Waals surface area contributed by atoms with E-state index in [0.717, 1.165) is 5.56 Å². The van der Waals surface area contributed by atoms with Gasteiger partial charge in [0.05, 0.1) is 11.3 Å². The zero-order valence-corrected chi connectivity index (χ0v) is 12.2. The molecule has 1 heterocycles. The lowest BCUT2D eigenvalue weighted by molar-refractivity contribution is -0.136. The fourth-order valence-corrected chi connectivity index (χ4v) is 2.22. The molecular formula is C19H15NO2. The average Bonchev–Trinajstić information content (AvgIpc) is 2.88. The van der Waals surface area contributed by atoms with E-state index in [2.05, 4.69) is 34.3 Å². The fourth-order valence-electron chi connectivity index (χ4n) is 2.22. The van der Waals surface area contributed by atoms with E-state index in [-0.39, 0.29) is 0 Å². The number of hydrogen-bond acceptors (Lipinski definition) is 3. The monoisotopic (exact) mass is 289 g/mol. The molecule has 2 aromatic rings. The lowest BCUT2D eigenvalue weighted by Crippen LogP contribution is -2.01.